The van der Waals surface area contributed by atoms with Gasteiger partial charge in [-0.3, -0.25) is 4.79 Å². The Hall–Kier alpha value is -1.51. The van der Waals surface area contributed by atoms with Gasteiger partial charge in [-0.15, -0.1) is 0 Å². The number of carbonyl (C=O) groups is 1. The molecule has 1 aliphatic rings. The first-order valence-corrected chi connectivity index (χ1v) is 7.01. The van der Waals surface area contributed by atoms with Crippen molar-refractivity contribution in [3.05, 3.63) is 28.8 Å². The minimum atomic E-state index is -0.760. The second kappa shape index (κ2) is 6.09. The van der Waals surface area contributed by atoms with Crippen LogP contribution in [0.15, 0.2) is 12.1 Å². The van der Waals surface area contributed by atoms with Crippen molar-refractivity contribution in [2.75, 3.05) is 6.61 Å². The molecule has 1 aromatic carbocycles. The average Bonchev–Trinajstić information content (AvgIpc) is 2.26. The molecular weight excluding hydrogens is 240 g/mol. The van der Waals surface area contributed by atoms with E-state index < -0.39 is 5.97 Å². The van der Waals surface area contributed by atoms with Gasteiger partial charge in [-0.05, 0) is 50.2 Å². The zero-order chi connectivity index (χ0) is 13.8. The quantitative estimate of drug-likeness (QED) is 0.853. The molecule has 3 nitrogen and oxygen atoms in total. The summed E-state index contributed by atoms with van der Waals surface area (Å²) in [5.41, 5.74) is 3.30. The molecule has 0 saturated heterocycles. The lowest BCUT2D eigenvalue weighted by atomic mass is 9.86. The van der Waals surface area contributed by atoms with Crippen LogP contribution in [0.5, 0.6) is 5.75 Å². The first kappa shape index (κ1) is 13.9. The van der Waals surface area contributed by atoms with Gasteiger partial charge in [0.15, 0.2) is 0 Å². The van der Waals surface area contributed by atoms with E-state index in [2.05, 4.69) is 6.07 Å². The topological polar surface area (TPSA) is 46.5 Å². The van der Waals surface area contributed by atoms with Crippen molar-refractivity contribution in [2.45, 2.75) is 46.0 Å². The molecule has 0 aromatic heterocycles. The van der Waals surface area contributed by atoms with Crippen LogP contribution >= 0.6 is 0 Å². The van der Waals surface area contributed by atoms with Crippen molar-refractivity contribution < 1.29 is 14.6 Å². The molecule has 0 unspecified atom stereocenters. The predicted octanol–water partition coefficient (Wildman–Crippen LogP) is 3.50. The minimum absolute atomic E-state index is 0.155. The normalized spacial score (nSPS) is 15.1. The highest BCUT2D eigenvalue weighted by molar-refractivity contribution is 5.67. The molecule has 0 spiro atoms. The molecule has 104 valence electrons. The number of carboxylic acids is 1. The first-order chi connectivity index (χ1) is 9.06. The number of hydrogen-bond acceptors (Lipinski definition) is 2. The summed E-state index contributed by atoms with van der Waals surface area (Å²) >= 11 is 0. The maximum atomic E-state index is 10.7. The maximum absolute atomic E-state index is 10.7. The summed E-state index contributed by atoms with van der Waals surface area (Å²) < 4.78 is 5.97. The van der Waals surface area contributed by atoms with Crippen LogP contribution in [0.4, 0.5) is 0 Å². The van der Waals surface area contributed by atoms with Gasteiger partial charge in [-0.2, -0.15) is 0 Å². The molecule has 1 aliphatic carbocycles. The highest BCUT2D eigenvalue weighted by Gasteiger charge is 2.19. The largest absolute Gasteiger partial charge is 0.493 e. The number of benzene rings is 1. The summed E-state index contributed by atoms with van der Waals surface area (Å²) in [4.78, 5) is 10.7. The smallest absolute Gasteiger partial charge is 0.303 e. The SMILES string of the molecule is Cc1cc(C)c(OCC2CCC2)c(CCC(=O)O)c1. The molecule has 1 saturated carbocycles. The van der Waals surface area contributed by atoms with Crippen molar-refractivity contribution in [2.24, 2.45) is 5.92 Å². The van der Waals surface area contributed by atoms with E-state index in [1.807, 2.05) is 19.9 Å². The highest BCUT2D eigenvalue weighted by atomic mass is 16.5. The molecule has 0 heterocycles. The summed E-state index contributed by atoms with van der Waals surface area (Å²) in [7, 11) is 0. The van der Waals surface area contributed by atoms with Crippen molar-refractivity contribution in [1.29, 1.82) is 0 Å². The molecule has 0 bridgehead atoms. The fourth-order valence-electron chi connectivity index (χ4n) is 2.54. The monoisotopic (exact) mass is 262 g/mol. The van der Waals surface area contributed by atoms with Gasteiger partial charge < -0.3 is 9.84 Å². The molecule has 0 aliphatic heterocycles. The molecular formula is C16H22O3. The van der Waals surface area contributed by atoms with E-state index in [-0.39, 0.29) is 6.42 Å². The molecule has 0 radical (unpaired) electrons. The van der Waals surface area contributed by atoms with Crippen LogP contribution in [0.3, 0.4) is 0 Å². The number of aliphatic carboxylic acids is 1. The van der Waals surface area contributed by atoms with Crippen LogP contribution in [0.25, 0.3) is 0 Å². The lowest BCUT2D eigenvalue weighted by Gasteiger charge is -2.26. The van der Waals surface area contributed by atoms with Crippen molar-refractivity contribution in [3.8, 4) is 5.75 Å². The number of carboxylic acid groups (broad SMARTS) is 1. The molecule has 19 heavy (non-hydrogen) atoms. The summed E-state index contributed by atoms with van der Waals surface area (Å²) in [6.07, 6.45) is 4.53. The highest BCUT2D eigenvalue weighted by Crippen LogP contribution is 2.31. The fraction of sp³-hybridized carbons (Fsp3) is 0.562. The Labute approximate surface area is 114 Å². The lowest BCUT2D eigenvalue weighted by Crippen LogP contribution is -2.20. The summed E-state index contributed by atoms with van der Waals surface area (Å²) in [6, 6.07) is 4.15. The van der Waals surface area contributed by atoms with Crippen molar-refractivity contribution in [1.82, 2.24) is 0 Å². The summed E-state index contributed by atoms with van der Waals surface area (Å²) in [6.45, 7) is 4.84. The Bertz CT molecular complexity index is 461. The van der Waals surface area contributed by atoms with Gasteiger partial charge in [-0.25, -0.2) is 0 Å². The van der Waals surface area contributed by atoms with Crippen LogP contribution in [-0.4, -0.2) is 17.7 Å². The van der Waals surface area contributed by atoms with Crippen molar-refractivity contribution >= 4 is 5.97 Å². The summed E-state index contributed by atoms with van der Waals surface area (Å²) in [5.74, 6) is 0.830. The second-order valence-electron chi connectivity index (χ2n) is 5.57. The van der Waals surface area contributed by atoms with Gasteiger partial charge in [0.2, 0.25) is 0 Å². The Morgan fingerprint density at radius 2 is 2.11 bits per heavy atom. The van der Waals surface area contributed by atoms with Crippen LogP contribution in [-0.2, 0) is 11.2 Å². The Morgan fingerprint density at radius 3 is 2.68 bits per heavy atom. The Balaban J connectivity index is 2.10. The zero-order valence-corrected chi connectivity index (χ0v) is 11.7. The van der Waals surface area contributed by atoms with E-state index in [4.69, 9.17) is 9.84 Å². The van der Waals surface area contributed by atoms with Gasteiger partial charge >= 0.3 is 5.97 Å². The van der Waals surface area contributed by atoms with E-state index in [0.717, 1.165) is 29.0 Å². The van der Waals surface area contributed by atoms with E-state index in [0.29, 0.717) is 12.3 Å². The fourth-order valence-corrected chi connectivity index (χ4v) is 2.54. The van der Waals surface area contributed by atoms with Crippen molar-refractivity contribution in [3.63, 3.8) is 0 Å². The molecule has 2 rings (SSSR count). The van der Waals surface area contributed by atoms with Gasteiger partial charge in [0.1, 0.15) is 5.75 Å². The molecule has 0 amide bonds. The van der Waals surface area contributed by atoms with E-state index in [9.17, 15) is 4.79 Å². The van der Waals surface area contributed by atoms with E-state index in [1.54, 1.807) is 0 Å². The van der Waals surface area contributed by atoms with Crippen LogP contribution in [0, 0.1) is 19.8 Å². The van der Waals surface area contributed by atoms with Gasteiger partial charge in [0, 0.05) is 6.42 Å². The summed E-state index contributed by atoms with van der Waals surface area (Å²) in [5, 5.41) is 8.83. The Morgan fingerprint density at radius 1 is 1.37 bits per heavy atom. The van der Waals surface area contributed by atoms with E-state index >= 15 is 0 Å². The molecule has 1 N–H and O–H groups in total. The van der Waals surface area contributed by atoms with Gasteiger partial charge in [0.25, 0.3) is 0 Å². The minimum Gasteiger partial charge on any atom is -0.493 e. The van der Waals surface area contributed by atoms with Crippen LogP contribution < -0.4 is 4.74 Å². The Kier molecular flexibility index (Phi) is 4.46. The van der Waals surface area contributed by atoms with Gasteiger partial charge in [0.05, 0.1) is 6.61 Å². The molecule has 0 atom stereocenters. The predicted molar refractivity (Wildman–Crippen MR) is 74.7 cm³/mol. The second-order valence-corrected chi connectivity index (χ2v) is 5.57. The lowest BCUT2D eigenvalue weighted by molar-refractivity contribution is -0.136. The van der Waals surface area contributed by atoms with Gasteiger partial charge in [-0.1, -0.05) is 24.1 Å². The third-order valence-electron chi connectivity index (χ3n) is 3.79. The number of hydrogen-bond donors (Lipinski definition) is 1. The first-order valence-electron chi connectivity index (χ1n) is 7.01. The van der Waals surface area contributed by atoms with Crippen LogP contribution in [0.1, 0.15) is 42.4 Å². The molecule has 1 fully saturated rings. The third-order valence-corrected chi connectivity index (χ3v) is 3.79. The molecule has 1 aromatic rings. The standard InChI is InChI=1S/C16H22O3/c1-11-8-12(2)16(19-10-13-4-3-5-13)14(9-11)6-7-15(17)18/h8-9,13H,3-7,10H2,1-2H3,(H,17,18). The number of ether oxygens (including phenoxy) is 1. The third kappa shape index (κ3) is 3.72. The molecule has 3 heteroatoms. The number of aryl methyl sites for hydroxylation is 3. The van der Waals surface area contributed by atoms with E-state index in [1.165, 1.54) is 19.3 Å². The zero-order valence-electron chi connectivity index (χ0n) is 11.7. The number of rotatable bonds is 6. The average molecular weight is 262 g/mol. The maximum Gasteiger partial charge on any atom is 0.303 e. The van der Waals surface area contributed by atoms with Crippen LogP contribution in [0.2, 0.25) is 0 Å².